The van der Waals surface area contributed by atoms with Gasteiger partial charge in [0.05, 0.1) is 11.4 Å². The minimum atomic E-state index is -0.213. The number of H-pyrrole nitrogens is 1. The maximum atomic E-state index is 6.16. The lowest BCUT2D eigenvalue weighted by molar-refractivity contribution is 0.479. The van der Waals surface area contributed by atoms with E-state index < -0.39 is 0 Å². The molecular formula is C24H23N3O. The monoisotopic (exact) mass is 369 g/mol. The van der Waals surface area contributed by atoms with Crippen LogP contribution in [0, 0.1) is 6.92 Å². The molecule has 4 nitrogen and oxygen atoms in total. The van der Waals surface area contributed by atoms with Gasteiger partial charge in [-0.05, 0) is 55.0 Å². The van der Waals surface area contributed by atoms with Gasteiger partial charge in [-0.25, -0.2) is 0 Å². The fourth-order valence-electron chi connectivity index (χ4n) is 3.25. The maximum absolute atomic E-state index is 6.16. The number of nitrogens with zero attached hydrogens (tertiary/aromatic N) is 2. The summed E-state index contributed by atoms with van der Waals surface area (Å²) in [7, 11) is 0. The zero-order valence-electron chi connectivity index (χ0n) is 16.3. The topological polar surface area (TPSA) is 50.8 Å². The van der Waals surface area contributed by atoms with Crippen molar-refractivity contribution in [2.24, 2.45) is 0 Å². The maximum Gasteiger partial charge on any atom is 0.128 e. The molecule has 0 bridgehead atoms. The Bertz CT molecular complexity index is 1080. The highest BCUT2D eigenvalue weighted by molar-refractivity contribution is 5.61. The second kappa shape index (κ2) is 7.31. The van der Waals surface area contributed by atoms with Gasteiger partial charge >= 0.3 is 0 Å². The number of pyridine rings is 1. The highest BCUT2D eigenvalue weighted by atomic mass is 16.5. The predicted octanol–water partition coefficient (Wildman–Crippen LogP) is 5.90. The first-order chi connectivity index (χ1) is 13.5. The molecule has 0 amide bonds. The van der Waals surface area contributed by atoms with Crippen LogP contribution in [0.2, 0.25) is 0 Å². The minimum absolute atomic E-state index is 0.213. The Balaban J connectivity index is 1.61. The van der Waals surface area contributed by atoms with Crippen LogP contribution in [0.5, 0.6) is 11.5 Å². The summed E-state index contributed by atoms with van der Waals surface area (Å²) in [5.74, 6) is 1.59. The van der Waals surface area contributed by atoms with Gasteiger partial charge in [-0.2, -0.15) is 5.10 Å². The first kappa shape index (κ1) is 18.0. The number of rotatable bonds is 5. The molecule has 0 fully saturated rings. The number of benzene rings is 2. The molecule has 0 aliphatic carbocycles. The number of aromatic nitrogens is 3. The highest BCUT2D eigenvalue weighted by Gasteiger charge is 2.24. The largest absolute Gasteiger partial charge is 0.457 e. The van der Waals surface area contributed by atoms with Crippen LogP contribution in [0.3, 0.4) is 0 Å². The zero-order valence-corrected chi connectivity index (χ0v) is 16.3. The van der Waals surface area contributed by atoms with E-state index in [0.29, 0.717) is 0 Å². The van der Waals surface area contributed by atoms with Gasteiger partial charge in [0.1, 0.15) is 11.5 Å². The Morgan fingerprint density at radius 2 is 1.64 bits per heavy atom. The molecule has 1 N–H and O–H groups in total. The number of nitrogens with one attached hydrogen (secondary N) is 1. The van der Waals surface area contributed by atoms with Crippen molar-refractivity contribution in [1.29, 1.82) is 0 Å². The van der Waals surface area contributed by atoms with Crippen molar-refractivity contribution in [2.75, 3.05) is 0 Å². The fourth-order valence-corrected chi connectivity index (χ4v) is 3.25. The molecule has 0 unspecified atom stereocenters. The lowest BCUT2D eigenvalue weighted by atomic mass is 9.81. The van der Waals surface area contributed by atoms with Crippen molar-refractivity contribution in [3.05, 3.63) is 95.9 Å². The third-order valence-electron chi connectivity index (χ3n) is 4.93. The lowest BCUT2D eigenvalue weighted by Crippen LogP contribution is -2.20. The van der Waals surface area contributed by atoms with E-state index in [1.165, 1.54) is 0 Å². The average Bonchev–Trinajstić information content (AvgIpc) is 3.15. The van der Waals surface area contributed by atoms with E-state index >= 15 is 0 Å². The molecular weight excluding hydrogens is 346 g/mol. The SMILES string of the molecule is Cc1cc(-c2cccc(Oc3cccc(C(C)(C)c4ccccn4)c3)c2)n[nH]1. The molecule has 0 aliphatic rings. The molecule has 0 aliphatic heterocycles. The molecule has 4 aromatic rings. The van der Waals surface area contributed by atoms with E-state index in [4.69, 9.17) is 4.74 Å². The highest BCUT2D eigenvalue weighted by Crippen LogP contribution is 2.33. The summed E-state index contributed by atoms with van der Waals surface area (Å²) in [5, 5.41) is 7.31. The first-order valence-corrected chi connectivity index (χ1v) is 9.35. The van der Waals surface area contributed by atoms with Gasteiger partial charge in [0.25, 0.3) is 0 Å². The van der Waals surface area contributed by atoms with Gasteiger partial charge in [-0.15, -0.1) is 0 Å². The first-order valence-electron chi connectivity index (χ1n) is 9.35. The van der Waals surface area contributed by atoms with Crippen molar-refractivity contribution < 1.29 is 4.74 Å². The van der Waals surface area contributed by atoms with Crippen LogP contribution >= 0.6 is 0 Å². The molecule has 0 saturated carbocycles. The van der Waals surface area contributed by atoms with Gasteiger partial charge in [-0.3, -0.25) is 10.1 Å². The van der Waals surface area contributed by atoms with Crippen molar-refractivity contribution in [3.8, 4) is 22.8 Å². The predicted molar refractivity (Wildman–Crippen MR) is 112 cm³/mol. The van der Waals surface area contributed by atoms with E-state index in [9.17, 15) is 0 Å². The number of hydrogen-bond acceptors (Lipinski definition) is 3. The van der Waals surface area contributed by atoms with E-state index in [0.717, 1.165) is 39.7 Å². The third kappa shape index (κ3) is 3.67. The van der Waals surface area contributed by atoms with Crippen LogP contribution in [0.1, 0.15) is 30.8 Å². The Labute approximate surface area is 165 Å². The molecule has 2 heterocycles. The van der Waals surface area contributed by atoms with E-state index in [2.05, 4.69) is 47.2 Å². The number of ether oxygens (including phenoxy) is 1. The molecule has 140 valence electrons. The molecule has 0 atom stereocenters. The minimum Gasteiger partial charge on any atom is -0.457 e. The summed E-state index contributed by atoms with van der Waals surface area (Å²) in [4.78, 5) is 4.54. The van der Waals surface area contributed by atoms with Crippen molar-refractivity contribution in [3.63, 3.8) is 0 Å². The summed E-state index contributed by atoms with van der Waals surface area (Å²) in [6.45, 7) is 6.34. The molecule has 0 saturated heterocycles. The van der Waals surface area contributed by atoms with Crippen LogP contribution in [-0.2, 0) is 5.41 Å². The van der Waals surface area contributed by atoms with Gasteiger partial charge < -0.3 is 4.74 Å². The number of hydrogen-bond donors (Lipinski definition) is 1. The third-order valence-corrected chi connectivity index (χ3v) is 4.93. The second-order valence-corrected chi connectivity index (χ2v) is 7.43. The van der Waals surface area contributed by atoms with Gasteiger partial charge in [-0.1, -0.05) is 44.2 Å². The summed E-state index contributed by atoms with van der Waals surface area (Å²) in [6.07, 6.45) is 1.83. The summed E-state index contributed by atoms with van der Waals surface area (Å²) in [6, 6.07) is 24.2. The Morgan fingerprint density at radius 1 is 0.857 bits per heavy atom. The fraction of sp³-hybridized carbons (Fsp3) is 0.167. The molecule has 2 aromatic carbocycles. The number of aromatic amines is 1. The molecule has 0 spiro atoms. The zero-order chi connectivity index (χ0) is 19.6. The molecule has 4 heteroatoms. The Hall–Kier alpha value is -3.40. The number of aryl methyl sites for hydroxylation is 1. The molecule has 28 heavy (non-hydrogen) atoms. The standard InChI is InChI=1S/C24H23N3O/c1-17-14-22(27-26-17)18-8-6-10-20(15-18)28-21-11-7-9-19(16-21)24(2,3)23-12-4-5-13-25-23/h4-16H,1-3H3,(H,26,27). The smallest absolute Gasteiger partial charge is 0.128 e. The Morgan fingerprint density at radius 3 is 2.36 bits per heavy atom. The molecule has 0 radical (unpaired) electrons. The van der Waals surface area contributed by atoms with Crippen LogP contribution in [0.4, 0.5) is 0 Å². The molecule has 2 aromatic heterocycles. The second-order valence-electron chi connectivity index (χ2n) is 7.43. The summed E-state index contributed by atoms with van der Waals surface area (Å²) in [5.41, 5.74) is 4.94. The van der Waals surface area contributed by atoms with Crippen LogP contribution in [0.25, 0.3) is 11.3 Å². The van der Waals surface area contributed by atoms with Crippen molar-refractivity contribution in [2.45, 2.75) is 26.2 Å². The normalized spacial score (nSPS) is 11.4. The van der Waals surface area contributed by atoms with Gasteiger partial charge in [0, 0.05) is 22.9 Å². The van der Waals surface area contributed by atoms with E-state index in [1.54, 1.807) is 0 Å². The van der Waals surface area contributed by atoms with Crippen molar-refractivity contribution in [1.82, 2.24) is 15.2 Å². The van der Waals surface area contributed by atoms with Crippen LogP contribution < -0.4 is 4.74 Å². The summed E-state index contributed by atoms with van der Waals surface area (Å²) >= 11 is 0. The van der Waals surface area contributed by atoms with Crippen LogP contribution in [-0.4, -0.2) is 15.2 Å². The lowest BCUT2D eigenvalue weighted by Gasteiger charge is -2.25. The van der Waals surface area contributed by atoms with Crippen molar-refractivity contribution >= 4 is 0 Å². The van der Waals surface area contributed by atoms with E-state index in [1.807, 2.05) is 67.7 Å². The van der Waals surface area contributed by atoms with Crippen LogP contribution in [0.15, 0.2) is 79.0 Å². The quantitative estimate of drug-likeness (QED) is 0.476. The average molecular weight is 369 g/mol. The van der Waals surface area contributed by atoms with Gasteiger partial charge in [0.15, 0.2) is 0 Å². The van der Waals surface area contributed by atoms with E-state index in [-0.39, 0.29) is 5.41 Å². The van der Waals surface area contributed by atoms with Gasteiger partial charge in [0.2, 0.25) is 0 Å². The summed E-state index contributed by atoms with van der Waals surface area (Å²) < 4.78 is 6.16. The molecule has 4 rings (SSSR count). The Kier molecular flexibility index (Phi) is 4.70.